The molecule has 0 bridgehead atoms. The van der Waals surface area contributed by atoms with E-state index in [0.717, 1.165) is 25.0 Å². The summed E-state index contributed by atoms with van der Waals surface area (Å²) in [4.78, 5) is 7.15. The van der Waals surface area contributed by atoms with Crippen molar-refractivity contribution in [2.75, 3.05) is 13.1 Å². The lowest BCUT2D eigenvalue weighted by molar-refractivity contribution is 0.100. The molecule has 2 aromatic rings. The molecule has 112 valence electrons. The highest BCUT2D eigenvalue weighted by Gasteiger charge is 2.38. The van der Waals surface area contributed by atoms with Crippen LogP contribution in [0.4, 0.5) is 0 Å². The molecular weight excluding hydrogens is 258 g/mol. The Kier molecular flexibility index (Phi) is 3.96. The molecule has 0 saturated carbocycles. The molecule has 3 rings (SSSR count). The number of nitrogens with two attached hydrogens (primary N) is 1. The van der Waals surface area contributed by atoms with Crippen molar-refractivity contribution in [3.05, 3.63) is 42.1 Å². The van der Waals surface area contributed by atoms with Gasteiger partial charge in [0.2, 0.25) is 0 Å². The van der Waals surface area contributed by atoms with E-state index in [1.165, 1.54) is 23.8 Å². The number of hydrogen-bond donors (Lipinski definition) is 1. The molecule has 2 unspecified atom stereocenters. The largest absolute Gasteiger partial charge is 0.322 e. The predicted molar refractivity (Wildman–Crippen MR) is 88.2 cm³/mol. The average Bonchev–Trinajstić information content (AvgIpc) is 3.08. The van der Waals surface area contributed by atoms with E-state index in [-0.39, 0.29) is 11.6 Å². The summed E-state index contributed by atoms with van der Waals surface area (Å²) in [6, 6.07) is 10.4. The van der Waals surface area contributed by atoms with Crippen LogP contribution < -0.4 is 5.73 Å². The monoisotopic (exact) mass is 283 g/mol. The van der Waals surface area contributed by atoms with E-state index >= 15 is 0 Å². The molecule has 2 N–H and O–H groups in total. The van der Waals surface area contributed by atoms with E-state index < -0.39 is 0 Å². The zero-order chi connectivity index (χ0) is 14.9. The van der Waals surface area contributed by atoms with Crippen molar-refractivity contribution in [1.29, 1.82) is 0 Å². The summed E-state index contributed by atoms with van der Waals surface area (Å²) in [5.74, 6) is 0. The summed E-state index contributed by atoms with van der Waals surface area (Å²) >= 11 is 0. The summed E-state index contributed by atoms with van der Waals surface area (Å²) < 4.78 is 0. The van der Waals surface area contributed by atoms with Gasteiger partial charge >= 0.3 is 0 Å². The number of para-hydroxylation sites is 1. The second-order valence-corrected chi connectivity index (χ2v) is 6.30. The van der Waals surface area contributed by atoms with Crippen molar-refractivity contribution in [3.8, 4) is 0 Å². The summed E-state index contributed by atoms with van der Waals surface area (Å²) in [5, 5.41) is 1.17. The molecule has 1 aromatic heterocycles. The van der Waals surface area contributed by atoms with E-state index in [0.29, 0.717) is 0 Å². The molecular formula is C18H25N3. The fourth-order valence-corrected chi connectivity index (χ4v) is 3.58. The van der Waals surface area contributed by atoms with Gasteiger partial charge in [-0.25, -0.2) is 0 Å². The van der Waals surface area contributed by atoms with Gasteiger partial charge in [0.05, 0.1) is 11.6 Å². The van der Waals surface area contributed by atoms with E-state index in [2.05, 4.69) is 48.0 Å². The molecule has 0 amide bonds. The van der Waals surface area contributed by atoms with Crippen LogP contribution in [0.25, 0.3) is 10.9 Å². The standard InChI is InChI=1S/C18H25N3/c1-3-18(2,21-12-4-5-13-21)17(19)15-10-6-8-14-9-7-11-20-16(14)15/h6-11,17H,3-5,12-13,19H2,1-2H3. The maximum Gasteiger partial charge on any atom is 0.0750 e. The van der Waals surface area contributed by atoms with Crippen LogP contribution >= 0.6 is 0 Å². The van der Waals surface area contributed by atoms with E-state index in [1.807, 2.05) is 12.3 Å². The molecule has 21 heavy (non-hydrogen) atoms. The molecule has 2 heterocycles. The van der Waals surface area contributed by atoms with Crippen LogP contribution in [-0.4, -0.2) is 28.5 Å². The first kappa shape index (κ1) is 14.5. The van der Waals surface area contributed by atoms with Gasteiger partial charge in [0.1, 0.15) is 0 Å². The van der Waals surface area contributed by atoms with Gasteiger partial charge in [-0.15, -0.1) is 0 Å². The Hall–Kier alpha value is -1.45. The Morgan fingerprint density at radius 2 is 1.95 bits per heavy atom. The molecule has 1 saturated heterocycles. The van der Waals surface area contributed by atoms with Gasteiger partial charge < -0.3 is 5.73 Å². The van der Waals surface area contributed by atoms with Crippen molar-refractivity contribution in [3.63, 3.8) is 0 Å². The molecule has 1 fully saturated rings. The topological polar surface area (TPSA) is 42.1 Å². The third-order valence-corrected chi connectivity index (χ3v) is 5.21. The van der Waals surface area contributed by atoms with Crippen LogP contribution in [0, 0.1) is 0 Å². The zero-order valence-corrected chi connectivity index (χ0v) is 13.0. The van der Waals surface area contributed by atoms with Crippen LogP contribution in [0.3, 0.4) is 0 Å². The summed E-state index contributed by atoms with van der Waals surface area (Å²) in [6.07, 6.45) is 5.49. The average molecular weight is 283 g/mol. The fraction of sp³-hybridized carbons (Fsp3) is 0.500. The van der Waals surface area contributed by atoms with Crippen molar-refractivity contribution < 1.29 is 0 Å². The van der Waals surface area contributed by atoms with Crippen LogP contribution in [0.5, 0.6) is 0 Å². The predicted octanol–water partition coefficient (Wildman–Crippen LogP) is 3.50. The number of fused-ring (bicyclic) bond motifs is 1. The molecule has 0 radical (unpaired) electrons. The molecule has 2 atom stereocenters. The smallest absolute Gasteiger partial charge is 0.0750 e. The molecule has 3 nitrogen and oxygen atoms in total. The molecule has 1 aromatic carbocycles. The van der Waals surface area contributed by atoms with Crippen LogP contribution in [-0.2, 0) is 0 Å². The van der Waals surface area contributed by atoms with Crippen molar-refractivity contribution in [2.24, 2.45) is 5.73 Å². The number of likely N-dealkylation sites (tertiary alicyclic amines) is 1. The molecule has 3 heteroatoms. The first-order chi connectivity index (χ1) is 10.2. The SMILES string of the molecule is CCC(C)(C(N)c1cccc2cccnc12)N1CCCC1. The number of pyridine rings is 1. The molecule has 1 aliphatic heterocycles. The number of nitrogens with zero attached hydrogens (tertiary/aromatic N) is 2. The molecule has 1 aliphatic rings. The lowest BCUT2D eigenvalue weighted by Crippen LogP contribution is -2.51. The van der Waals surface area contributed by atoms with E-state index in [9.17, 15) is 0 Å². The van der Waals surface area contributed by atoms with Gasteiger partial charge in [-0.2, -0.15) is 0 Å². The molecule has 0 spiro atoms. The Labute approximate surface area is 127 Å². The third kappa shape index (κ3) is 2.45. The molecule has 0 aliphatic carbocycles. The highest BCUT2D eigenvalue weighted by Crippen LogP contribution is 2.36. The summed E-state index contributed by atoms with van der Waals surface area (Å²) in [6.45, 7) is 6.88. The maximum atomic E-state index is 6.75. The second-order valence-electron chi connectivity index (χ2n) is 6.30. The van der Waals surface area contributed by atoms with Crippen LogP contribution in [0.1, 0.15) is 44.7 Å². The van der Waals surface area contributed by atoms with Gasteiger partial charge in [-0.3, -0.25) is 9.88 Å². The first-order valence-corrected chi connectivity index (χ1v) is 8.01. The normalized spacial score (nSPS) is 20.5. The van der Waals surface area contributed by atoms with Crippen molar-refractivity contribution in [1.82, 2.24) is 9.88 Å². The van der Waals surface area contributed by atoms with Crippen molar-refractivity contribution >= 4 is 10.9 Å². The summed E-state index contributed by atoms with van der Waals surface area (Å²) in [7, 11) is 0. The maximum absolute atomic E-state index is 6.75. The second kappa shape index (κ2) is 5.74. The Morgan fingerprint density at radius 3 is 2.67 bits per heavy atom. The highest BCUT2D eigenvalue weighted by atomic mass is 15.2. The van der Waals surface area contributed by atoms with E-state index in [1.54, 1.807) is 0 Å². The minimum atomic E-state index is -0.0146. The number of benzene rings is 1. The Balaban J connectivity index is 2.04. The number of rotatable bonds is 4. The zero-order valence-electron chi connectivity index (χ0n) is 13.0. The fourth-order valence-electron chi connectivity index (χ4n) is 3.58. The van der Waals surface area contributed by atoms with Gasteiger partial charge in [-0.05, 0) is 50.9 Å². The first-order valence-electron chi connectivity index (χ1n) is 8.01. The van der Waals surface area contributed by atoms with Gasteiger partial charge in [0.15, 0.2) is 0 Å². The van der Waals surface area contributed by atoms with Gasteiger partial charge in [0, 0.05) is 17.1 Å². The van der Waals surface area contributed by atoms with E-state index in [4.69, 9.17) is 5.73 Å². The lowest BCUT2D eigenvalue weighted by atomic mass is 9.83. The van der Waals surface area contributed by atoms with Crippen LogP contribution in [0.15, 0.2) is 36.5 Å². The minimum absolute atomic E-state index is 0.00229. The lowest BCUT2D eigenvalue weighted by Gasteiger charge is -2.43. The quantitative estimate of drug-likeness (QED) is 0.934. The van der Waals surface area contributed by atoms with Gasteiger partial charge in [0.25, 0.3) is 0 Å². The minimum Gasteiger partial charge on any atom is -0.322 e. The Morgan fingerprint density at radius 1 is 1.24 bits per heavy atom. The number of hydrogen-bond acceptors (Lipinski definition) is 3. The van der Waals surface area contributed by atoms with Gasteiger partial charge in [-0.1, -0.05) is 31.2 Å². The Bertz CT molecular complexity index is 613. The van der Waals surface area contributed by atoms with Crippen molar-refractivity contribution in [2.45, 2.75) is 44.7 Å². The number of aromatic nitrogens is 1. The summed E-state index contributed by atoms with van der Waals surface area (Å²) in [5.41, 5.74) is 8.97. The van der Waals surface area contributed by atoms with Crippen LogP contribution in [0.2, 0.25) is 0 Å². The highest BCUT2D eigenvalue weighted by molar-refractivity contribution is 5.82. The third-order valence-electron chi connectivity index (χ3n) is 5.21.